The summed E-state index contributed by atoms with van der Waals surface area (Å²) < 4.78 is 0. The molecule has 0 aromatic rings. The summed E-state index contributed by atoms with van der Waals surface area (Å²) in [5.41, 5.74) is 0. The van der Waals surface area contributed by atoms with Gasteiger partial charge < -0.3 is 10.2 Å². The van der Waals surface area contributed by atoms with Crippen LogP contribution in [0.15, 0.2) is 0 Å². The van der Waals surface area contributed by atoms with Crippen LogP contribution in [0.3, 0.4) is 0 Å². The fourth-order valence-electron chi connectivity index (χ4n) is 1.15. The molecule has 1 saturated heterocycles. The molecule has 1 fully saturated rings. The van der Waals surface area contributed by atoms with Crippen LogP contribution in [0.4, 0.5) is 0 Å². The minimum Gasteiger partial charge on any atom is -0.389 e. The van der Waals surface area contributed by atoms with Crippen LogP contribution >= 0.6 is 0 Å². The van der Waals surface area contributed by atoms with Gasteiger partial charge in [-0.3, -0.25) is 4.90 Å². The van der Waals surface area contributed by atoms with Gasteiger partial charge in [0.05, 0.1) is 12.2 Å². The molecule has 3 nitrogen and oxygen atoms in total. The number of aliphatic hydroxyl groups is 2. The van der Waals surface area contributed by atoms with E-state index in [1.165, 1.54) is 0 Å². The molecule has 54 valence electrons. The van der Waals surface area contributed by atoms with Crippen LogP contribution < -0.4 is 0 Å². The maximum absolute atomic E-state index is 9.14. The van der Waals surface area contributed by atoms with Crippen molar-refractivity contribution in [3.63, 3.8) is 0 Å². The Morgan fingerprint density at radius 3 is 2.11 bits per heavy atom. The van der Waals surface area contributed by atoms with E-state index in [1.54, 1.807) is 0 Å². The van der Waals surface area contributed by atoms with Gasteiger partial charge in [-0.05, 0) is 14.0 Å². The molecule has 9 heavy (non-hydrogen) atoms. The average molecular weight is 131 g/mol. The second-order valence-corrected chi connectivity index (χ2v) is 2.74. The van der Waals surface area contributed by atoms with Gasteiger partial charge in [0.15, 0.2) is 0 Å². The van der Waals surface area contributed by atoms with Crippen molar-refractivity contribution < 1.29 is 10.2 Å². The molecule has 1 heterocycles. The molecule has 3 atom stereocenters. The predicted molar refractivity (Wildman–Crippen MR) is 34.1 cm³/mol. The van der Waals surface area contributed by atoms with Crippen LogP contribution in [0.1, 0.15) is 6.92 Å². The van der Waals surface area contributed by atoms with Gasteiger partial charge >= 0.3 is 0 Å². The topological polar surface area (TPSA) is 43.7 Å². The maximum Gasteiger partial charge on any atom is 0.0963 e. The molecule has 0 radical (unpaired) electrons. The Balaban J connectivity index is 2.54. The monoisotopic (exact) mass is 131 g/mol. The highest BCUT2D eigenvalue weighted by molar-refractivity contribution is 4.88. The lowest BCUT2D eigenvalue weighted by Gasteiger charge is -2.15. The molecular formula is C6H13NO2. The lowest BCUT2D eigenvalue weighted by atomic mass is 10.2. The molecule has 1 rings (SSSR count). The van der Waals surface area contributed by atoms with Gasteiger partial charge in [0.25, 0.3) is 0 Å². The van der Waals surface area contributed by atoms with E-state index < -0.39 is 12.2 Å². The minimum absolute atomic E-state index is 0.0972. The van der Waals surface area contributed by atoms with E-state index in [1.807, 2.05) is 18.9 Å². The average Bonchev–Trinajstić information content (AvgIpc) is 1.98. The molecule has 0 bridgehead atoms. The van der Waals surface area contributed by atoms with E-state index in [0.717, 1.165) is 0 Å². The molecule has 0 saturated carbocycles. The number of aliphatic hydroxyl groups excluding tert-OH is 2. The van der Waals surface area contributed by atoms with Crippen molar-refractivity contribution in [2.75, 3.05) is 13.6 Å². The fourth-order valence-corrected chi connectivity index (χ4v) is 1.15. The van der Waals surface area contributed by atoms with Crippen LogP contribution in [0.5, 0.6) is 0 Å². The number of likely N-dealkylation sites (N-methyl/N-ethyl adjacent to an activating group) is 1. The zero-order chi connectivity index (χ0) is 7.02. The lowest BCUT2D eigenvalue weighted by Crippen LogP contribution is -2.30. The molecule has 0 aromatic heterocycles. The van der Waals surface area contributed by atoms with Crippen LogP contribution in [-0.2, 0) is 0 Å². The summed E-state index contributed by atoms with van der Waals surface area (Å²) in [6, 6.07) is 0.0972. The van der Waals surface area contributed by atoms with Gasteiger partial charge in [-0.1, -0.05) is 0 Å². The molecule has 0 aromatic carbocycles. The van der Waals surface area contributed by atoms with Crippen LogP contribution in [-0.4, -0.2) is 47.0 Å². The van der Waals surface area contributed by atoms with Gasteiger partial charge in [-0.15, -0.1) is 0 Å². The quantitative estimate of drug-likeness (QED) is 0.445. The van der Waals surface area contributed by atoms with Gasteiger partial charge in [-0.2, -0.15) is 0 Å². The van der Waals surface area contributed by atoms with Crippen molar-refractivity contribution in [2.45, 2.75) is 25.2 Å². The molecular weight excluding hydrogens is 118 g/mol. The molecule has 1 aliphatic rings. The van der Waals surface area contributed by atoms with Crippen molar-refractivity contribution in [2.24, 2.45) is 0 Å². The second kappa shape index (κ2) is 2.25. The van der Waals surface area contributed by atoms with Crippen LogP contribution in [0, 0.1) is 0 Å². The van der Waals surface area contributed by atoms with E-state index in [9.17, 15) is 0 Å². The molecule has 3 heteroatoms. The smallest absolute Gasteiger partial charge is 0.0963 e. The standard InChI is InChI=1S/C6H13NO2/c1-4-6(9)5(8)3-7(4)2/h4-6,8-9H,3H2,1-2H3. The fraction of sp³-hybridized carbons (Fsp3) is 1.00. The van der Waals surface area contributed by atoms with Crippen molar-refractivity contribution in [1.82, 2.24) is 4.90 Å². The first-order valence-corrected chi connectivity index (χ1v) is 3.19. The second-order valence-electron chi connectivity index (χ2n) is 2.74. The molecule has 1 aliphatic heterocycles. The minimum atomic E-state index is -0.560. The Labute approximate surface area is 54.9 Å². The number of hydrogen-bond donors (Lipinski definition) is 2. The largest absolute Gasteiger partial charge is 0.389 e. The number of likely N-dealkylation sites (tertiary alicyclic amines) is 1. The number of hydrogen-bond acceptors (Lipinski definition) is 3. The zero-order valence-corrected chi connectivity index (χ0v) is 5.78. The van der Waals surface area contributed by atoms with Gasteiger partial charge in [0.2, 0.25) is 0 Å². The Kier molecular flexibility index (Phi) is 1.75. The summed E-state index contributed by atoms with van der Waals surface area (Å²) in [5, 5.41) is 18.2. The third-order valence-corrected chi connectivity index (χ3v) is 2.06. The van der Waals surface area contributed by atoms with E-state index in [2.05, 4.69) is 0 Å². The number of β-amino-alcohol motifs (C(OH)–C–C–N with tert-alkyl or cyclic N) is 1. The SMILES string of the molecule is CC1C(O)C(O)CN1C. The highest BCUT2D eigenvalue weighted by Crippen LogP contribution is 2.14. The molecule has 0 aliphatic carbocycles. The normalized spacial score (nSPS) is 46.0. The van der Waals surface area contributed by atoms with Gasteiger partial charge in [0, 0.05) is 12.6 Å². The summed E-state index contributed by atoms with van der Waals surface area (Å²) in [7, 11) is 1.89. The molecule has 0 amide bonds. The first kappa shape index (κ1) is 6.99. The van der Waals surface area contributed by atoms with Crippen molar-refractivity contribution in [3.8, 4) is 0 Å². The van der Waals surface area contributed by atoms with Gasteiger partial charge in [-0.25, -0.2) is 0 Å². The van der Waals surface area contributed by atoms with E-state index >= 15 is 0 Å². The Bertz CT molecular complexity index is 95.2. The van der Waals surface area contributed by atoms with Crippen LogP contribution in [0.2, 0.25) is 0 Å². The maximum atomic E-state index is 9.14. The molecule has 2 N–H and O–H groups in total. The molecule has 3 unspecified atom stereocenters. The first-order valence-electron chi connectivity index (χ1n) is 3.19. The Morgan fingerprint density at radius 2 is 2.00 bits per heavy atom. The van der Waals surface area contributed by atoms with Gasteiger partial charge in [0.1, 0.15) is 0 Å². The lowest BCUT2D eigenvalue weighted by molar-refractivity contribution is 0.0420. The summed E-state index contributed by atoms with van der Waals surface area (Å²) in [6.07, 6.45) is -1.11. The number of nitrogens with zero attached hydrogens (tertiary/aromatic N) is 1. The van der Waals surface area contributed by atoms with E-state index in [0.29, 0.717) is 6.54 Å². The highest BCUT2D eigenvalue weighted by atomic mass is 16.3. The van der Waals surface area contributed by atoms with Crippen molar-refractivity contribution in [1.29, 1.82) is 0 Å². The summed E-state index contributed by atoms with van der Waals surface area (Å²) in [5.74, 6) is 0. The number of rotatable bonds is 0. The summed E-state index contributed by atoms with van der Waals surface area (Å²) in [6.45, 7) is 2.49. The molecule has 0 spiro atoms. The van der Waals surface area contributed by atoms with E-state index in [-0.39, 0.29) is 6.04 Å². The van der Waals surface area contributed by atoms with E-state index in [4.69, 9.17) is 10.2 Å². The third kappa shape index (κ3) is 1.08. The zero-order valence-electron chi connectivity index (χ0n) is 5.78. The predicted octanol–water partition coefficient (Wildman–Crippen LogP) is -0.958. The Morgan fingerprint density at radius 1 is 1.44 bits per heavy atom. The highest BCUT2D eigenvalue weighted by Gasteiger charge is 2.33. The summed E-state index contributed by atoms with van der Waals surface area (Å²) in [4.78, 5) is 1.94. The first-order chi connectivity index (χ1) is 4.13. The van der Waals surface area contributed by atoms with Crippen LogP contribution in [0.25, 0.3) is 0 Å². The van der Waals surface area contributed by atoms with Crippen molar-refractivity contribution in [3.05, 3.63) is 0 Å². The van der Waals surface area contributed by atoms with Crippen molar-refractivity contribution >= 4 is 0 Å². The Hall–Kier alpha value is -0.120. The third-order valence-electron chi connectivity index (χ3n) is 2.06. The summed E-state index contributed by atoms with van der Waals surface area (Å²) >= 11 is 0.